The summed E-state index contributed by atoms with van der Waals surface area (Å²) in [7, 11) is 0. The van der Waals surface area contributed by atoms with E-state index in [4.69, 9.17) is 0 Å². The second-order valence-corrected chi connectivity index (χ2v) is 7.39. The number of aryl methyl sites for hydroxylation is 1. The van der Waals surface area contributed by atoms with Crippen LogP contribution < -0.4 is 0 Å². The molecular weight excluding hydrogens is 358 g/mol. The first-order chi connectivity index (χ1) is 13.6. The molecule has 4 aromatic rings. The van der Waals surface area contributed by atoms with Gasteiger partial charge in [-0.05, 0) is 55.2 Å². The fourth-order valence-corrected chi connectivity index (χ4v) is 4.16. The summed E-state index contributed by atoms with van der Waals surface area (Å²) >= 11 is 0. The summed E-state index contributed by atoms with van der Waals surface area (Å²) < 4.78 is 31.1. The lowest BCUT2D eigenvalue weighted by Crippen LogP contribution is -2.21. The smallest absolute Gasteiger partial charge is 0.198 e. The van der Waals surface area contributed by atoms with E-state index < -0.39 is 0 Å². The van der Waals surface area contributed by atoms with Gasteiger partial charge in [-0.1, -0.05) is 23.4 Å². The highest BCUT2D eigenvalue weighted by Gasteiger charge is 2.27. The molecule has 0 amide bonds. The van der Waals surface area contributed by atoms with Crippen molar-refractivity contribution >= 4 is 5.52 Å². The molecule has 6 heteroatoms. The molecule has 1 aromatic carbocycles. The molecule has 141 valence electrons. The van der Waals surface area contributed by atoms with Crippen molar-refractivity contribution in [2.45, 2.75) is 38.6 Å². The lowest BCUT2D eigenvalue weighted by atomic mass is 9.93. The van der Waals surface area contributed by atoms with Gasteiger partial charge in [-0.2, -0.15) is 4.39 Å². The van der Waals surface area contributed by atoms with Crippen LogP contribution in [0.2, 0.25) is 0 Å². The number of pyridine rings is 1. The van der Waals surface area contributed by atoms with E-state index in [9.17, 15) is 8.78 Å². The summed E-state index contributed by atoms with van der Waals surface area (Å²) in [6, 6.07) is 15.0. The van der Waals surface area contributed by atoms with E-state index in [-0.39, 0.29) is 17.8 Å². The summed E-state index contributed by atoms with van der Waals surface area (Å²) in [4.78, 5) is 0. The van der Waals surface area contributed by atoms with Gasteiger partial charge in [0.2, 0.25) is 0 Å². The normalized spacial score (nSPS) is 16.5. The van der Waals surface area contributed by atoms with Crippen LogP contribution in [0, 0.1) is 24.8 Å². The second-order valence-electron chi connectivity index (χ2n) is 7.39. The Morgan fingerprint density at radius 1 is 1.14 bits per heavy atom. The zero-order valence-corrected chi connectivity index (χ0v) is 15.5. The lowest BCUT2D eigenvalue weighted by molar-refractivity contribution is 0.381. The van der Waals surface area contributed by atoms with E-state index >= 15 is 0 Å². The molecule has 3 aromatic heterocycles. The Morgan fingerprint density at radius 3 is 2.79 bits per heavy atom. The van der Waals surface area contributed by atoms with E-state index in [1.807, 2.05) is 17.7 Å². The minimum absolute atomic E-state index is 0.132. The van der Waals surface area contributed by atoms with Crippen molar-refractivity contribution in [1.29, 1.82) is 0 Å². The molecule has 0 spiro atoms. The van der Waals surface area contributed by atoms with E-state index in [0.29, 0.717) is 12.8 Å². The van der Waals surface area contributed by atoms with E-state index in [1.54, 1.807) is 22.6 Å². The van der Waals surface area contributed by atoms with Gasteiger partial charge in [-0.15, -0.1) is 5.10 Å². The first-order valence-electron chi connectivity index (χ1n) is 9.45. The van der Waals surface area contributed by atoms with Crippen molar-refractivity contribution in [2.75, 3.05) is 0 Å². The molecule has 0 saturated heterocycles. The number of rotatable bonds is 3. The summed E-state index contributed by atoms with van der Waals surface area (Å²) in [5, 5.41) is 8.75. The van der Waals surface area contributed by atoms with Gasteiger partial charge in [0, 0.05) is 24.6 Å². The highest BCUT2D eigenvalue weighted by atomic mass is 19.1. The maximum absolute atomic E-state index is 14.4. The van der Waals surface area contributed by atoms with Gasteiger partial charge < -0.3 is 0 Å². The molecule has 3 heterocycles. The Labute approximate surface area is 161 Å². The maximum Gasteiger partial charge on any atom is 0.198 e. The SMILES string of the molecule is Cc1c(Cc2ccc(F)cc2)nnn1C1CCc2[c]c3cccc(F)n3c2C1. The van der Waals surface area contributed by atoms with Crippen LogP contribution >= 0.6 is 0 Å². The van der Waals surface area contributed by atoms with Crippen LogP contribution in [0.4, 0.5) is 8.78 Å². The number of hydrogen-bond acceptors (Lipinski definition) is 2. The van der Waals surface area contributed by atoms with Gasteiger partial charge in [0.05, 0.1) is 22.9 Å². The predicted molar refractivity (Wildman–Crippen MR) is 101 cm³/mol. The predicted octanol–water partition coefficient (Wildman–Crippen LogP) is 4.24. The Kier molecular flexibility index (Phi) is 4.00. The molecular formula is C22H19F2N4. The zero-order valence-electron chi connectivity index (χ0n) is 15.5. The molecule has 0 saturated carbocycles. The lowest BCUT2D eigenvalue weighted by Gasteiger charge is -2.24. The van der Waals surface area contributed by atoms with Crippen LogP contribution in [0.5, 0.6) is 0 Å². The maximum atomic E-state index is 14.4. The zero-order chi connectivity index (χ0) is 19.3. The highest BCUT2D eigenvalue weighted by molar-refractivity contribution is 5.53. The third-order valence-corrected chi connectivity index (χ3v) is 5.65. The standard InChI is InChI=1S/C22H19F2N4/c1-14-20(11-15-5-8-17(23)9-6-15)25-26-28(14)19-10-7-16-12-18-3-2-4-22(24)27(18)21(16)13-19/h2-6,8-9,19H,7,10-11,13H2,1H3. The molecule has 1 radical (unpaired) electrons. The molecule has 1 unspecified atom stereocenters. The van der Waals surface area contributed by atoms with Gasteiger partial charge >= 0.3 is 0 Å². The van der Waals surface area contributed by atoms with Crippen LogP contribution in [0.3, 0.4) is 0 Å². The molecule has 0 N–H and O–H groups in total. The van der Waals surface area contributed by atoms with Crippen molar-refractivity contribution in [2.24, 2.45) is 0 Å². The Hall–Kier alpha value is -3.02. The number of aromatic nitrogens is 4. The van der Waals surface area contributed by atoms with Crippen molar-refractivity contribution in [1.82, 2.24) is 19.4 Å². The molecule has 0 fully saturated rings. The fraction of sp³-hybridized carbons (Fsp3) is 0.273. The second kappa shape index (κ2) is 6.55. The topological polar surface area (TPSA) is 35.1 Å². The van der Waals surface area contributed by atoms with Crippen LogP contribution in [-0.2, 0) is 19.3 Å². The minimum Gasteiger partial charge on any atom is -0.290 e. The van der Waals surface area contributed by atoms with Gasteiger partial charge in [0.15, 0.2) is 5.95 Å². The van der Waals surface area contributed by atoms with Crippen LogP contribution in [0.25, 0.3) is 5.52 Å². The number of halogens is 2. The first-order valence-corrected chi connectivity index (χ1v) is 9.45. The van der Waals surface area contributed by atoms with Crippen molar-refractivity contribution in [3.05, 3.63) is 88.5 Å². The molecule has 5 rings (SSSR count). The van der Waals surface area contributed by atoms with E-state index in [2.05, 4.69) is 16.4 Å². The molecule has 1 atom stereocenters. The average molecular weight is 377 g/mol. The molecule has 28 heavy (non-hydrogen) atoms. The van der Waals surface area contributed by atoms with Gasteiger partial charge in [0.25, 0.3) is 0 Å². The molecule has 1 aliphatic rings. The summed E-state index contributed by atoms with van der Waals surface area (Å²) in [5.74, 6) is -0.506. The van der Waals surface area contributed by atoms with Crippen LogP contribution in [-0.4, -0.2) is 19.4 Å². The Balaban J connectivity index is 1.44. The fourth-order valence-electron chi connectivity index (χ4n) is 4.16. The third-order valence-electron chi connectivity index (χ3n) is 5.65. The monoisotopic (exact) mass is 377 g/mol. The molecule has 0 aliphatic heterocycles. The number of hydrogen-bond donors (Lipinski definition) is 0. The van der Waals surface area contributed by atoms with Crippen molar-refractivity contribution in [3.8, 4) is 0 Å². The molecule has 1 aliphatic carbocycles. The molecule has 0 bridgehead atoms. The van der Waals surface area contributed by atoms with Gasteiger partial charge in [-0.3, -0.25) is 4.40 Å². The van der Waals surface area contributed by atoms with Crippen molar-refractivity contribution < 1.29 is 8.78 Å². The van der Waals surface area contributed by atoms with Gasteiger partial charge in [0.1, 0.15) is 5.82 Å². The summed E-state index contributed by atoms with van der Waals surface area (Å²) in [5.41, 5.74) is 5.72. The van der Waals surface area contributed by atoms with Crippen molar-refractivity contribution in [3.63, 3.8) is 0 Å². The first kappa shape index (κ1) is 17.1. The van der Waals surface area contributed by atoms with Crippen LogP contribution in [0.1, 0.15) is 40.7 Å². The number of benzene rings is 1. The van der Waals surface area contributed by atoms with E-state index in [1.165, 1.54) is 18.2 Å². The average Bonchev–Trinajstić information content (AvgIpc) is 3.24. The quantitative estimate of drug-likeness (QED) is 0.501. The highest BCUT2D eigenvalue weighted by Crippen LogP contribution is 2.32. The third kappa shape index (κ3) is 2.80. The summed E-state index contributed by atoms with van der Waals surface area (Å²) in [6.07, 6.45) is 3.07. The summed E-state index contributed by atoms with van der Waals surface area (Å²) in [6.45, 7) is 2.01. The van der Waals surface area contributed by atoms with Gasteiger partial charge in [-0.25, -0.2) is 9.07 Å². The largest absolute Gasteiger partial charge is 0.290 e. The number of nitrogens with zero attached hydrogens (tertiary/aromatic N) is 4. The Morgan fingerprint density at radius 2 is 1.96 bits per heavy atom. The minimum atomic E-state index is -0.261. The molecule has 4 nitrogen and oxygen atoms in total. The Bertz CT molecular complexity index is 1160. The van der Waals surface area contributed by atoms with E-state index in [0.717, 1.165) is 46.6 Å². The number of fused-ring (bicyclic) bond motifs is 3. The van der Waals surface area contributed by atoms with Crippen LogP contribution in [0.15, 0.2) is 42.5 Å².